The SMILES string of the molecule is C[C@@H](NC(=O)OC(C)(C)C)C(=O)Nc1cccc(S(=O)(=O)/N=C2/CCCCCN2C)c1. The second-order valence-electron chi connectivity index (χ2n) is 8.60. The van der Waals surface area contributed by atoms with E-state index < -0.39 is 33.7 Å². The van der Waals surface area contributed by atoms with Crippen LogP contribution < -0.4 is 10.6 Å². The maximum atomic E-state index is 12.8. The van der Waals surface area contributed by atoms with Gasteiger partial charge in [0.15, 0.2) is 0 Å². The highest BCUT2D eigenvalue weighted by atomic mass is 32.2. The van der Waals surface area contributed by atoms with Crippen molar-refractivity contribution in [2.75, 3.05) is 18.9 Å². The van der Waals surface area contributed by atoms with Crippen LogP contribution in [0.3, 0.4) is 0 Å². The number of nitrogens with zero attached hydrogens (tertiary/aromatic N) is 2. The van der Waals surface area contributed by atoms with Crippen LogP contribution in [0.15, 0.2) is 33.6 Å². The summed E-state index contributed by atoms with van der Waals surface area (Å²) >= 11 is 0. The number of anilines is 1. The summed E-state index contributed by atoms with van der Waals surface area (Å²) in [6.07, 6.45) is 2.85. The summed E-state index contributed by atoms with van der Waals surface area (Å²) < 4.78 is 34.8. The van der Waals surface area contributed by atoms with E-state index in [4.69, 9.17) is 4.74 Å². The van der Waals surface area contributed by atoms with Gasteiger partial charge in [0, 0.05) is 25.7 Å². The van der Waals surface area contributed by atoms with Gasteiger partial charge in [-0.1, -0.05) is 12.5 Å². The van der Waals surface area contributed by atoms with Gasteiger partial charge >= 0.3 is 6.09 Å². The van der Waals surface area contributed by atoms with Crippen LogP contribution >= 0.6 is 0 Å². The van der Waals surface area contributed by atoms with E-state index in [-0.39, 0.29) is 4.90 Å². The van der Waals surface area contributed by atoms with Crippen molar-refractivity contribution in [1.29, 1.82) is 0 Å². The number of ether oxygens (including phenoxy) is 1. The third-order valence-electron chi connectivity index (χ3n) is 4.59. The Kier molecular flexibility index (Phi) is 8.05. The number of sulfonamides is 1. The minimum atomic E-state index is -3.92. The Morgan fingerprint density at radius 3 is 2.58 bits per heavy atom. The lowest BCUT2D eigenvalue weighted by Gasteiger charge is -2.21. The monoisotopic (exact) mass is 452 g/mol. The molecule has 1 aromatic carbocycles. The van der Waals surface area contributed by atoms with E-state index in [9.17, 15) is 18.0 Å². The van der Waals surface area contributed by atoms with Crippen LogP contribution in [0.4, 0.5) is 10.5 Å². The molecule has 2 amide bonds. The molecule has 0 saturated carbocycles. The molecule has 10 heteroatoms. The second-order valence-corrected chi connectivity index (χ2v) is 10.2. The Bertz CT molecular complexity index is 937. The third-order valence-corrected chi connectivity index (χ3v) is 5.89. The Labute approximate surface area is 184 Å². The Hall–Kier alpha value is -2.62. The third kappa shape index (κ3) is 7.86. The van der Waals surface area contributed by atoms with Crippen molar-refractivity contribution < 1.29 is 22.7 Å². The Morgan fingerprint density at radius 1 is 1.19 bits per heavy atom. The van der Waals surface area contributed by atoms with Crippen molar-refractivity contribution in [3.8, 4) is 0 Å². The summed E-state index contributed by atoms with van der Waals surface area (Å²) in [4.78, 5) is 26.1. The fraction of sp³-hybridized carbons (Fsp3) is 0.571. The van der Waals surface area contributed by atoms with Gasteiger partial charge in [-0.3, -0.25) is 4.79 Å². The minimum Gasteiger partial charge on any atom is -0.444 e. The van der Waals surface area contributed by atoms with Crippen molar-refractivity contribution in [2.24, 2.45) is 4.40 Å². The van der Waals surface area contributed by atoms with Crippen LogP contribution in [0.25, 0.3) is 0 Å². The number of rotatable bonds is 5. The quantitative estimate of drug-likeness (QED) is 0.709. The zero-order chi connectivity index (χ0) is 23.2. The van der Waals surface area contributed by atoms with Gasteiger partial charge in [0.25, 0.3) is 10.0 Å². The van der Waals surface area contributed by atoms with Crippen LogP contribution in [0.5, 0.6) is 0 Å². The first-order chi connectivity index (χ1) is 14.4. The molecule has 0 unspecified atom stereocenters. The first-order valence-corrected chi connectivity index (χ1v) is 11.8. The number of likely N-dealkylation sites (tertiary alicyclic amines) is 1. The average Bonchev–Trinajstić information content (AvgIpc) is 2.84. The molecule has 1 saturated heterocycles. The fourth-order valence-electron chi connectivity index (χ4n) is 2.97. The largest absolute Gasteiger partial charge is 0.444 e. The van der Waals surface area contributed by atoms with Gasteiger partial charge in [-0.05, 0) is 58.7 Å². The van der Waals surface area contributed by atoms with Gasteiger partial charge in [0.2, 0.25) is 5.91 Å². The zero-order valence-corrected chi connectivity index (χ0v) is 19.6. The van der Waals surface area contributed by atoms with Crippen molar-refractivity contribution >= 4 is 33.5 Å². The topological polar surface area (TPSA) is 117 Å². The Morgan fingerprint density at radius 2 is 1.90 bits per heavy atom. The van der Waals surface area contributed by atoms with Crippen molar-refractivity contribution in [3.05, 3.63) is 24.3 Å². The fourth-order valence-corrected chi connectivity index (χ4v) is 4.11. The molecule has 1 fully saturated rings. The summed E-state index contributed by atoms with van der Waals surface area (Å²) in [6, 6.07) is 5.02. The van der Waals surface area contributed by atoms with Gasteiger partial charge in [-0.2, -0.15) is 8.42 Å². The predicted octanol–water partition coefficient (Wildman–Crippen LogP) is 3.13. The molecule has 1 heterocycles. The maximum Gasteiger partial charge on any atom is 0.408 e. The molecule has 172 valence electrons. The van der Waals surface area contributed by atoms with Crippen LogP contribution in [0.2, 0.25) is 0 Å². The molecule has 9 nitrogen and oxygen atoms in total. The highest BCUT2D eigenvalue weighted by molar-refractivity contribution is 7.90. The number of carbonyl (C=O) groups excluding carboxylic acids is 2. The molecular formula is C21H32N4O5S. The van der Waals surface area contributed by atoms with Crippen molar-refractivity contribution in [1.82, 2.24) is 10.2 Å². The van der Waals surface area contributed by atoms with Gasteiger partial charge in [0.1, 0.15) is 17.5 Å². The van der Waals surface area contributed by atoms with Gasteiger partial charge in [-0.15, -0.1) is 4.40 Å². The summed E-state index contributed by atoms with van der Waals surface area (Å²) in [7, 11) is -2.08. The molecule has 2 rings (SSSR count). The molecule has 0 radical (unpaired) electrons. The summed E-state index contributed by atoms with van der Waals surface area (Å²) in [6.45, 7) is 7.44. The van der Waals surface area contributed by atoms with Crippen LogP contribution in [0, 0.1) is 0 Å². The van der Waals surface area contributed by atoms with Crippen LogP contribution in [-0.4, -0.2) is 56.4 Å². The van der Waals surface area contributed by atoms with Crippen molar-refractivity contribution in [2.45, 2.75) is 69.9 Å². The number of amides is 2. The maximum absolute atomic E-state index is 12.8. The number of alkyl carbamates (subject to hydrolysis) is 1. The number of hydrogen-bond donors (Lipinski definition) is 2. The van der Waals surface area contributed by atoms with E-state index in [0.29, 0.717) is 17.9 Å². The van der Waals surface area contributed by atoms with Gasteiger partial charge in [0.05, 0.1) is 4.90 Å². The van der Waals surface area contributed by atoms with E-state index in [1.165, 1.54) is 25.1 Å². The second kappa shape index (κ2) is 10.1. The molecule has 1 atom stereocenters. The van der Waals surface area contributed by atoms with E-state index in [1.807, 2.05) is 11.9 Å². The van der Waals surface area contributed by atoms with Crippen LogP contribution in [-0.2, 0) is 19.6 Å². The lowest BCUT2D eigenvalue weighted by atomic mass is 10.2. The number of amidine groups is 1. The Balaban J connectivity index is 2.10. The highest BCUT2D eigenvalue weighted by Crippen LogP contribution is 2.20. The molecule has 0 bridgehead atoms. The number of nitrogens with one attached hydrogen (secondary N) is 2. The van der Waals surface area contributed by atoms with Crippen LogP contribution in [0.1, 0.15) is 53.4 Å². The molecule has 0 aromatic heterocycles. The smallest absolute Gasteiger partial charge is 0.408 e. The van der Waals surface area contributed by atoms with Gasteiger partial charge in [-0.25, -0.2) is 4.79 Å². The normalized spacial score (nSPS) is 17.6. The average molecular weight is 453 g/mol. The lowest BCUT2D eigenvalue weighted by Crippen LogP contribution is -2.43. The number of hydrogen-bond acceptors (Lipinski definition) is 5. The first-order valence-electron chi connectivity index (χ1n) is 10.3. The number of benzene rings is 1. The zero-order valence-electron chi connectivity index (χ0n) is 18.8. The minimum absolute atomic E-state index is 0.0109. The predicted molar refractivity (Wildman–Crippen MR) is 120 cm³/mol. The highest BCUT2D eigenvalue weighted by Gasteiger charge is 2.22. The molecule has 1 aromatic rings. The van der Waals surface area contributed by atoms with E-state index in [1.54, 1.807) is 26.8 Å². The van der Waals surface area contributed by atoms with Crippen molar-refractivity contribution in [3.63, 3.8) is 0 Å². The van der Waals surface area contributed by atoms with E-state index >= 15 is 0 Å². The summed E-state index contributed by atoms with van der Waals surface area (Å²) in [5.74, 6) is 0.0392. The summed E-state index contributed by atoms with van der Waals surface area (Å²) in [5, 5.41) is 5.06. The molecule has 2 N–H and O–H groups in total. The number of carbonyl (C=O) groups is 2. The molecular weight excluding hydrogens is 420 g/mol. The van der Waals surface area contributed by atoms with E-state index in [0.717, 1.165) is 25.8 Å². The first kappa shape index (κ1) is 24.6. The molecule has 1 aliphatic heterocycles. The lowest BCUT2D eigenvalue weighted by molar-refractivity contribution is -0.117. The van der Waals surface area contributed by atoms with Gasteiger partial charge < -0.3 is 20.3 Å². The van der Waals surface area contributed by atoms with E-state index in [2.05, 4.69) is 15.0 Å². The molecule has 0 spiro atoms. The standard InChI is InChI=1S/C21H32N4O5S/c1-15(22-20(27)30-21(2,3)4)19(26)23-16-10-9-11-17(14-16)31(28,29)24-18-12-7-6-8-13-25(18)5/h9-11,14-15H,6-8,12-13H2,1-5H3,(H,22,27)(H,23,26)/b24-18-/t15-/m1/s1. The molecule has 31 heavy (non-hydrogen) atoms. The molecule has 1 aliphatic rings. The summed E-state index contributed by atoms with van der Waals surface area (Å²) in [5.41, 5.74) is -0.394. The molecule has 0 aliphatic carbocycles.